The number of hydrogen-bond donors (Lipinski definition) is 2. The molecule has 0 aliphatic rings. The molecule has 0 aromatic heterocycles. The predicted octanol–water partition coefficient (Wildman–Crippen LogP) is 2.39. The Morgan fingerprint density at radius 2 is 2.13 bits per heavy atom. The van der Waals surface area contributed by atoms with Crippen molar-refractivity contribution >= 4 is 0 Å². The van der Waals surface area contributed by atoms with Crippen LogP contribution in [0.2, 0.25) is 0 Å². The first kappa shape index (κ1) is 12.1. The van der Waals surface area contributed by atoms with E-state index in [2.05, 4.69) is 12.3 Å². The van der Waals surface area contributed by atoms with Gasteiger partial charge in [0.1, 0.15) is 5.82 Å². The van der Waals surface area contributed by atoms with Crippen LogP contribution in [0.5, 0.6) is 0 Å². The fraction of sp³-hybridized carbons (Fsp3) is 0.500. The highest BCUT2D eigenvalue weighted by molar-refractivity contribution is 5.18. The van der Waals surface area contributed by atoms with Crippen LogP contribution in [0.25, 0.3) is 0 Å². The van der Waals surface area contributed by atoms with Crippen LogP contribution in [-0.4, -0.2) is 6.04 Å². The lowest BCUT2D eigenvalue weighted by Gasteiger charge is -2.15. The van der Waals surface area contributed by atoms with Gasteiger partial charge in [-0.1, -0.05) is 38.0 Å². The molecule has 0 saturated heterocycles. The molecule has 1 atom stereocenters. The molecule has 0 radical (unpaired) electrons. The maximum Gasteiger partial charge on any atom is 0.126 e. The SMILES string of the molecule is CCCCC(Cc1ccccc1F)NN. The van der Waals surface area contributed by atoms with Crippen LogP contribution in [-0.2, 0) is 6.42 Å². The van der Waals surface area contributed by atoms with Crippen molar-refractivity contribution in [3.63, 3.8) is 0 Å². The number of nitrogens with one attached hydrogen (secondary N) is 1. The van der Waals surface area contributed by atoms with E-state index in [-0.39, 0.29) is 11.9 Å². The van der Waals surface area contributed by atoms with E-state index in [0.29, 0.717) is 6.42 Å². The molecule has 1 aromatic rings. The van der Waals surface area contributed by atoms with Crippen molar-refractivity contribution in [2.45, 2.75) is 38.6 Å². The number of halogens is 1. The van der Waals surface area contributed by atoms with Crippen LogP contribution in [0.4, 0.5) is 4.39 Å². The van der Waals surface area contributed by atoms with E-state index < -0.39 is 0 Å². The normalized spacial score (nSPS) is 12.7. The molecule has 1 aromatic carbocycles. The Morgan fingerprint density at radius 1 is 1.40 bits per heavy atom. The summed E-state index contributed by atoms with van der Waals surface area (Å²) in [6.07, 6.45) is 3.89. The number of rotatable bonds is 6. The maximum atomic E-state index is 13.3. The molecule has 15 heavy (non-hydrogen) atoms. The minimum Gasteiger partial charge on any atom is -0.271 e. The van der Waals surface area contributed by atoms with Crippen molar-refractivity contribution in [3.8, 4) is 0 Å². The Labute approximate surface area is 90.6 Å². The molecule has 3 N–H and O–H groups in total. The number of hydrogen-bond acceptors (Lipinski definition) is 2. The summed E-state index contributed by atoms with van der Waals surface area (Å²) < 4.78 is 13.3. The molecule has 0 aliphatic carbocycles. The van der Waals surface area contributed by atoms with E-state index in [1.54, 1.807) is 6.07 Å². The third-order valence-electron chi connectivity index (χ3n) is 2.57. The Bertz CT molecular complexity index is 289. The molecule has 2 nitrogen and oxygen atoms in total. The summed E-state index contributed by atoms with van der Waals surface area (Å²) in [6.45, 7) is 2.14. The predicted molar refractivity (Wildman–Crippen MR) is 60.7 cm³/mol. The summed E-state index contributed by atoms with van der Waals surface area (Å²) in [6, 6.07) is 7.03. The summed E-state index contributed by atoms with van der Waals surface area (Å²) in [4.78, 5) is 0. The van der Waals surface area contributed by atoms with Gasteiger partial charge in [0, 0.05) is 6.04 Å². The third-order valence-corrected chi connectivity index (χ3v) is 2.57. The van der Waals surface area contributed by atoms with Crippen molar-refractivity contribution in [3.05, 3.63) is 35.6 Å². The van der Waals surface area contributed by atoms with Crippen LogP contribution in [0.1, 0.15) is 31.7 Å². The lowest BCUT2D eigenvalue weighted by atomic mass is 10.0. The van der Waals surface area contributed by atoms with Crippen molar-refractivity contribution in [1.29, 1.82) is 0 Å². The van der Waals surface area contributed by atoms with Gasteiger partial charge in [-0.25, -0.2) is 4.39 Å². The van der Waals surface area contributed by atoms with Gasteiger partial charge in [0.05, 0.1) is 0 Å². The lowest BCUT2D eigenvalue weighted by molar-refractivity contribution is 0.464. The number of nitrogens with two attached hydrogens (primary N) is 1. The van der Waals surface area contributed by atoms with Crippen molar-refractivity contribution in [1.82, 2.24) is 5.43 Å². The van der Waals surface area contributed by atoms with Crippen molar-refractivity contribution in [2.24, 2.45) is 5.84 Å². The molecule has 0 aliphatic heterocycles. The highest BCUT2D eigenvalue weighted by Gasteiger charge is 2.09. The standard InChI is InChI=1S/C12H19FN2/c1-2-3-7-11(15-14)9-10-6-4-5-8-12(10)13/h4-6,8,11,15H,2-3,7,9,14H2,1H3. The average Bonchev–Trinajstić information content (AvgIpc) is 2.26. The maximum absolute atomic E-state index is 13.3. The molecular weight excluding hydrogens is 191 g/mol. The molecule has 0 fully saturated rings. The highest BCUT2D eigenvalue weighted by Crippen LogP contribution is 2.11. The number of unbranched alkanes of at least 4 members (excludes halogenated alkanes) is 1. The van der Waals surface area contributed by atoms with Gasteiger partial charge in [0.25, 0.3) is 0 Å². The Hall–Kier alpha value is -0.930. The summed E-state index contributed by atoms with van der Waals surface area (Å²) in [5.74, 6) is 5.29. The van der Waals surface area contributed by atoms with Gasteiger partial charge < -0.3 is 0 Å². The zero-order chi connectivity index (χ0) is 11.1. The first-order valence-corrected chi connectivity index (χ1v) is 5.47. The zero-order valence-corrected chi connectivity index (χ0v) is 9.17. The molecular formula is C12H19FN2. The smallest absolute Gasteiger partial charge is 0.126 e. The molecule has 1 unspecified atom stereocenters. The second-order valence-electron chi connectivity index (χ2n) is 3.80. The molecule has 0 amide bonds. The van der Waals surface area contributed by atoms with E-state index in [4.69, 9.17) is 5.84 Å². The topological polar surface area (TPSA) is 38.0 Å². The highest BCUT2D eigenvalue weighted by atomic mass is 19.1. The summed E-state index contributed by atoms with van der Waals surface area (Å²) in [5.41, 5.74) is 3.48. The van der Waals surface area contributed by atoms with E-state index >= 15 is 0 Å². The van der Waals surface area contributed by atoms with Gasteiger partial charge in [0.2, 0.25) is 0 Å². The second kappa shape index (κ2) is 6.53. The average molecular weight is 210 g/mol. The van der Waals surface area contributed by atoms with Crippen LogP contribution in [0, 0.1) is 5.82 Å². The van der Waals surface area contributed by atoms with Gasteiger partial charge in [-0.05, 0) is 24.5 Å². The summed E-state index contributed by atoms with van der Waals surface area (Å²) >= 11 is 0. The first-order chi connectivity index (χ1) is 7.27. The van der Waals surface area contributed by atoms with Gasteiger partial charge in [0.15, 0.2) is 0 Å². The van der Waals surface area contributed by atoms with Crippen LogP contribution in [0.3, 0.4) is 0 Å². The molecule has 3 heteroatoms. The molecule has 84 valence electrons. The van der Waals surface area contributed by atoms with Crippen molar-refractivity contribution in [2.75, 3.05) is 0 Å². The monoisotopic (exact) mass is 210 g/mol. The quantitative estimate of drug-likeness (QED) is 0.559. The third kappa shape index (κ3) is 3.98. The number of benzene rings is 1. The van der Waals surface area contributed by atoms with Crippen LogP contribution in [0.15, 0.2) is 24.3 Å². The second-order valence-corrected chi connectivity index (χ2v) is 3.80. The van der Waals surface area contributed by atoms with E-state index in [0.717, 1.165) is 24.8 Å². The van der Waals surface area contributed by atoms with Gasteiger partial charge in [-0.2, -0.15) is 0 Å². The Balaban J connectivity index is 2.54. The van der Waals surface area contributed by atoms with Gasteiger partial charge >= 0.3 is 0 Å². The van der Waals surface area contributed by atoms with Gasteiger partial charge in [-0.15, -0.1) is 0 Å². The fourth-order valence-corrected chi connectivity index (χ4v) is 1.62. The molecule has 0 saturated carbocycles. The fourth-order valence-electron chi connectivity index (χ4n) is 1.62. The minimum atomic E-state index is -0.144. The summed E-state index contributed by atoms with van der Waals surface area (Å²) in [7, 11) is 0. The van der Waals surface area contributed by atoms with Crippen LogP contribution < -0.4 is 11.3 Å². The zero-order valence-electron chi connectivity index (χ0n) is 9.17. The molecule has 0 spiro atoms. The molecule has 1 rings (SSSR count). The van der Waals surface area contributed by atoms with E-state index in [1.165, 1.54) is 6.07 Å². The van der Waals surface area contributed by atoms with E-state index in [9.17, 15) is 4.39 Å². The van der Waals surface area contributed by atoms with Crippen molar-refractivity contribution < 1.29 is 4.39 Å². The summed E-state index contributed by atoms with van der Waals surface area (Å²) in [5, 5.41) is 0. The number of hydrazine groups is 1. The molecule has 0 heterocycles. The largest absolute Gasteiger partial charge is 0.271 e. The van der Waals surface area contributed by atoms with Gasteiger partial charge in [-0.3, -0.25) is 11.3 Å². The Morgan fingerprint density at radius 3 is 2.73 bits per heavy atom. The van der Waals surface area contributed by atoms with Crippen LogP contribution >= 0.6 is 0 Å². The first-order valence-electron chi connectivity index (χ1n) is 5.47. The van der Waals surface area contributed by atoms with E-state index in [1.807, 2.05) is 12.1 Å². The lowest BCUT2D eigenvalue weighted by Crippen LogP contribution is -2.36. The Kier molecular flexibility index (Phi) is 5.29. The molecule has 0 bridgehead atoms. The minimum absolute atomic E-state index is 0.144.